The van der Waals surface area contributed by atoms with Gasteiger partial charge >= 0.3 is 0 Å². The normalized spacial score (nSPS) is 13.9. The highest BCUT2D eigenvalue weighted by Crippen LogP contribution is 2.23. The van der Waals surface area contributed by atoms with Crippen molar-refractivity contribution in [1.29, 1.82) is 0 Å². The zero-order chi connectivity index (χ0) is 24.1. The number of halogens is 1. The van der Waals surface area contributed by atoms with Crippen molar-refractivity contribution < 1.29 is 14.0 Å². The summed E-state index contributed by atoms with van der Waals surface area (Å²) in [5.74, 6) is 0.782. The third kappa shape index (κ3) is 6.09. The van der Waals surface area contributed by atoms with Gasteiger partial charge in [0.25, 0.3) is 11.1 Å². The molecule has 0 aliphatic carbocycles. The predicted octanol–water partition coefficient (Wildman–Crippen LogP) is 4.54. The summed E-state index contributed by atoms with van der Waals surface area (Å²) >= 11 is 7.13. The molecule has 0 radical (unpaired) electrons. The molecule has 0 bridgehead atoms. The van der Waals surface area contributed by atoms with Gasteiger partial charge in [-0.1, -0.05) is 37.2 Å². The van der Waals surface area contributed by atoms with Crippen molar-refractivity contribution in [2.45, 2.75) is 25.0 Å². The molecule has 10 heteroatoms. The first-order chi connectivity index (χ1) is 16.4. The summed E-state index contributed by atoms with van der Waals surface area (Å²) in [6.07, 6.45) is 0. The number of carbonyl (C=O) groups is 2. The SMILES string of the molecule is CC(C)c1nnc(SCC(=O)Nc2ccc(N3CCN(C(=O)c4ccc(Cl)cc4)CC3)cc2)o1. The average molecular weight is 500 g/mol. The minimum atomic E-state index is -0.142. The second-order valence-electron chi connectivity index (χ2n) is 8.23. The van der Waals surface area contributed by atoms with Crippen molar-refractivity contribution in [3.05, 3.63) is 65.0 Å². The quantitative estimate of drug-likeness (QED) is 0.477. The maximum absolute atomic E-state index is 12.7. The molecular formula is C24H26ClN5O3S. The summed E-state index contributed by atoms with van der Waals surface area (Å²) in [6, 6.07) is 14.7. The molecule has 0 unspecified atom stereocenters. The number of aromatic nitrogens is 2. The zero-order valence-electron chi connectivity index (χ0n) is 19.0. The summed E-state index contributed by atoms with van der Waals surface area (Å²) in [4.78, 5) is 29.0. The Labute approximate surface area is 207 Å². The summed E-state index contributed by atoms with van der Waals surface area (Å²) in [5, 5.41) is 11.8. The first-order valence-corrected chi connectivity index (χ1v) is 12.4. The fourth-order valence-electron chi connectivity index (χ4n) is 3.53. The maximum atomic E-state index is 12.7. The van der Waals surface area contributed by atoms with Crippen molar-refractivity contribution in [3.8, 4) is 0 Å². The molecular weight excluding hydrogens is 474 g/mol. The monoisotopic (exact) mass is 499 g/mol. The molecule has 34 heavy (non-hydrogen) atoms. The van der Waals surface area contributed by atoms with Crippen molar-refractivity contribution in [3.63, 3.8) is 0 Å². The van der Waals surface area contributed by atoms with Gasteiger partial charge in [0.15, 0.2) is 0 Å². The number of piperazine rings is 1. The molecule has 1 aromatic heterocycles. The number of amides is 2. The molecule has 1 saturated heterocycles. The molecule has 178 valence electrons. The number of rotatable bonds is 7. The molecule has 0 spiro atoms. The highest BCUT2D eigenvalue weighted by Gasteiger charge is 2.22. The summed E-state index contributed by atoms with van der Waals surface area (Å²) in [5.41, 5.74) is 2.42. The molecule has 0 saturated carbocycles. The molecule has 4 rings (SSSR count). The lowest BCUT2D eigenvalue weighted by Crippen LogP contribution is -2.48. The summed E-state index contributed by atoms with van der Waals surface area (Å²) in [6.45, 7) is 6.71. The number of hydrogen-bond acceptors (Lipinski definition) is 7. The molecule has 1 fully saturated rings. The minimum Gasteiger partial charge on any atom is -0.416 e. The second kappa shape index (κ2) is 10.9. The van der Waals surface area contributed by atoms with E-state index >= 15 is 0 Å². The smallest absolute Gasteiger partial charge is 0.277 e. The number of hydrogen-bond donors (Lipinski definition) is 1. The van der Waals surface area contributed by atoms with Crippen LogP contribution >= 0.6 is 23.4 Å². The number of benzene rings is 2. The van der Waals surface area contributed by atoms with E-state index in [1.54, 1.807) is 24.3 Å². The Kier molecular flexibility index (Phi) is 7.74. The van der Waals surface area contributed by atoms with Gasteiger partial charge in [0.2, 0.25) is 11.8 Å². The fraction of sp³-hybridized carbons (Fsp3) is 0.333. The van der Waals surface area contributed by atoms with Gasteiger partial charge in [-0.25, -0.2) is 0 Å². The van der Waals surface area contributed by atoms with E-state index in [1.807, 2.05) is 43.0 Å². The molecule has 3 aromatic rings. The van der Waals surface area contributed by atoms with Gasteiger partial charge in [-0.15, -0.1) is 10.2 Å². The van der Waals surface area contributed by atoms with Crippen LogP contribution in [0.3, 0.4) is 0 Å². The van der Waals surface area contributed by atoms with Gasteiger partial charge in [-0.3, -0.25) is 9.59 Å². The Bertz CT molecular complexity index is 1130. The average Bonchev–Trinajstić information content (AvgIpc) is 3.33. The van der Waals surface area contributed by atoms with Crippen LogP contribution in [0.1, 0.15) is 36.0 Å². The Morgan fingerprint density at radius 1 is 1.03 bits per heavy atom. The van der Waals surface area contributed by atoms with Crippen molar-refractivity contribution in [2.75, 3.05) is 42.1 Å². The topological polar surface area (TPSA) is 91.6 Å². The highest BCUT2D eigenvalue weighted by atomic mass is 35.5. The number of carbonyl (C=O) groups excluding carboxylic acids is 2. The largest absolute Gasteiger partial charge is 0.416 e. The zero-order valence-corrected chi connectivity index (χ0v) is 20.6. The Balaban J connectivity index is 1.24. The summed E-state index contributed by atoms with van der Waals surface area (Å²) < 4.78 is 5.51. The number of thioether (sulfide) groups is 1. The second-order valence-corrected chi connectivity index (χ2v) is 9.59. The lowest BCUT2D eigenvalue weighted by atomic mass is 10.1. The first kappa shape index (κ1) is 24.1. The van der Waals surface area contributed by atoms with E-state index in [-0.39, 0.29) is 23.5 Å². The lowest BCUT2D eigenvalue weighted by molar-refractivity contribution is -0.113. The van der Waals surface area contributed by atoms with Gasteiger partial charge in [0, 0.05) is 54.1 Å². The van der Waals surface area contributed by atoms with Crippen LogP contribution in [0.4, 0.5) is 11.4 Å². The van der Waals surface area contributed by atoms with Gasteiger partial charge in [-0.05, 0) is 48.5 Å². The van der Waals surface area contributed by atoms with E-state index in [1.165, 1.54) is 11.8 Å². The van der Waals surface area contributed by atoms with Crippen molar-refractivity contribution in [2.24, 2.45) is 0 Å². The third-order valence-corrected chi connectivity index (χ3v) is 6.49. The number of nitrogens with one attached hydrogen (secondary N) is 1. The maximum Gasteiger partial charge on any atom is 0.277 e. The van der Waals surface area contributed by atoms with E-state index in [0.717, 1.165) is 24.5 Å². The Hall–Kier alpha value is -3.04. The van der Waals surface area contributed by atoms with Gasteiger partial charge in [0.05, 0.1) is 5.75 Å². The molecule has 0 atom stereocenters. The van der Waals surface area contributed by atoms with Gasteiger partial charge in [0.1, 0.15) is 0 Å². The molecule has 1 aliphatic heterocycles. The molecule has 2 amide bonds. The minimum absolute atomic E-state index is 0.0215. The standard InChI is InChI=1S/C24H26ClN5O3S/c1-16(2)22-27-28-24(33-22)34-15-21(31)26-19-7-9-20(10-8-19)29-11-13-30(14-12-29)23(32)17-3-5-18(25)6-4-17/h3-10,16H,11-15H2,1-2H3,(H,26,31). The van der Waals surface area contributed by atoms with Crippen LogP contribution in [-0.4, -0.2) is 58.8 Å². The molecule has 1 aliphatic rings. The van der Waals surface area contributed by atoms with E-state index in [4.69, 9.17) is 16.0 Å². The molecule has 1 N–H and O–H groups in total. The van der Waals surface area contributed by atoms with E-state index in [0.29, 0.717) is 34.8 Å². The molecule has 8 nitrogen and oxygen atoms in total. The van der Waals surface area contributed by atoms with Gasteiger partial charge < -0.3 is 19.5 Å². The first-order valence-electron chi connectivity index (χ1n) is 11.0. The third-order valence-electron chi connectivity index (χ3n) is 5.42. The Morgan fingerprint density at radius 3 is 2.32 bits per heavy atom. The fourth-order valence-corrected chi connectivity index (χ4v) is 4.23. The van der Waals surface area contributed by atoms with Gasteiger partial charge in [-0.2, -0.15) is 0 Å². The van der Waals surface area contributed by atoms with E-state index in [2.05, 4.69) is 20.4 Å². The molecule has 2 heterocycles. The Morgan fingerprint density at radius 2 is 1.71 bits per heavy atom. The van der Waals surface area contributed by atoms with Crippen LogP contribution in [-0.2, 0) is 4.79 Å². The van der Waals surface area contributed by atoms with Crippen molar-refractivity contribution >= 4 is 46.6 Å². The van der Waals surface area contributed by atoms with Crippen LogP contribution in [0.2, 0.25) is 5.02 Å². The number of anilines is 2. The van der Waals surface area contributed by atoms with E-state index in [9.17, 15) is 9.59 Å². The molecule has 2 aromatic carbocycles. The summed E-state index contributed by atoms with van der Waals surface area (Å²) in [7, 11) is 0. The predicted molar refractivity (Wildman–Crippen MR) is 134 cm³/mol. The van der Waals surface area contributed by atoms with Crippen LogP contribution in [0.5, 0.6) is 0 Å². The van der Waals surface area contributed by atoms with Crippen LogP contribution < -0.4 is 10.2 Å². The van der Waals surface area contributed by atoms with Crippen LogP contribution in [0, 0.1) is 0 Å². The highest BCUT2D eigenvalue weighted by molar-refractivity contribution is 7.99. The number of nitrogens with zero attached hydrogens (tertiary/aromatic N) is 4. The lowest BCUT2D eigenvalue weighted by Gasteiger charge is -2.36. The van der Waals surface area contributed by atoms with Crippen LogP contribution in [0.25, 0.3) is 0 Å². The van der Waals surface area contributed by atoms with Crippen LogP contribution in [0.15, 0.2) is 58.2 Å². The van der Waals surface area contributed by atoms with E-state index < -0.39 is 0 Å². The van der Waals surface area contributed by atoms with Crippen molar-refractivity contribution in [1.82, 2.24) is 15.1 Å².